The van der Waals surface area contributed by atoms with E-state index >= 15 is 0 Å². The quantitative estimate of drug-likeness (QED) is 0.943. The Morgan fingerprint density at radius 3 is 3.00 bits per heavy atom. The first-order valence-corrected chi connectivity index (χ1v) is 6.37. The second-order valence-corrected chi connectivity index (χ2v) is 5.02. The topological polar surface area (TPSA) is 52.0 Å². The van der Waals surface area contributed by atoms with E-state index in [-0.39, 0.29) is 5.92 Å². The molecule has 90 valence electrons. The molecule has 1 aromatic heterocycles. The van der Waals surface area contributed by atoms with Crippen LogP contribution in [-0.2, 0) is 6.42 Å². The molecular formula is C13H15BrN2O. The molecule has 0 saturated heterocycles. The van der Waals surface area contributed by atoms with Crippen LogP contribution in [0.1, 0.15) is 30.1 Å². The molecule has 0 aliphatic rings. The van der Waals surface area contributed by atoms with Crippen molar-refractivity contribution < 1.29 is 4.42 Å². The van der Waals surface area contributed by atoms with E-state index < -0.39 is 0 Å². The van der Waals surface area contributed by atoms with Crippen molar-refractivity contribution in [2.75, 3.05) is 6.54 Å². The van der Waals surface area contributed by atoms with Gasteiger partial charge in [0.15, 0.2) is 5.89 Å². The standard InChI is InChI=1S/C13H15BrN2O/c1-9(7-15)12-8-16-13(17-12)6-10-3-2-4-11(14)5-10/h2-5,8-9H,6-7,15H2,1H3. The molecule has 0 saturated carbocycles. The van der Waals surface area contributed by atoms with Gasteiger partial charge in [-0.05, 0) is 17.7 Å². The first kappa shape index (κ1) is 12.3. The smallest absolute Gasteiger partial charge is 0.198 e. The largest absolute Gasteiger partial charge is 0.445 e. The molecule has 4 heteroatoms. The Labute approximate surface area is 109 Å². The summed E-state index contributed by atoms with van der Waals surface area (Å²) in [7, 11) is 0. The van der Waals surface area contributed by atoms with E-state index in [0.717, 1.165) is 16.1 Å². The molecule has 2 N–H and O–H groups in total. The Hall–Kier alpha value is -1.13. The molecule has 0 radical (unpaired) electrons. The summed E-state index contributed by atoms with van der Waals surface area (Å²) in [6.07, 6.45) is 2.47. The molecule has 1 aromatic carbocycles. The van der Waals surface area contributed by atoms with Crippen molar-refractivity contribution >= 4 is 15.9 Å². The molecular weight excluding hydrogens is 280 g/mol. The van der Waals surface area contributed by atoms with Gasteiger partial charge in [-0.3, -0.25) is 0 Å². The van der Waals surface area contributed by atoms with Gasteiger partial charge in [0.1, 0.15) is 5.76 Å². The van der Waals surface area contributed by atoms with Crippen LogP contribution in [0.4, 0.5) is 0 Å². The van der Waals surface area contributed by atoms with Crippen molar-refractivity contribution in [2.24, 2.45) is 5.73 Å². The van der Waals surface area contributed by atoms with Crippen molar-refractivity contribution in [1.29, 1.82) is 0 Å². The van der Waals surface area contributed by atoms with Gasteiger partial charge in [0.05, 0.1) is 6.20 Å². The Bertz CT molecular complexity index is 496. The summed E-state index contributed by atoms with van der Waals surface area (Å²) in [5.41, 5.74) is 6.77. The number of hydrogen-bond acceptors (Lipinski definition) is 3. The normalized spacial score (nSPS) is 12.6. The lowest BCUT2D eigenvalue weighted by Crippen LogP contribution is -2.07. The Morgan fingerprint density at radius 2 is 2.29 bits per heavy atom. The molecule has 1 atom stereocenters. The second kappa shape index (κ2) is 5.47. The van der Waals surface area contributed by atoms with E-state index in [1.807, 2.05) is 19.1 Å². The van der Waals surface area contributed by atoms with Gasteiger partial charge in [-0.2, -0.15) is 0 Å². The van der Waals surface area contributed by atoms with Crippen molar-refractivity contribution in [3.8, 4) is 0 Å². The minimum absolute atomic E-state index is 0.221. The van der Waals surface area contributed by atoms with E-state index in [1.165, 1.54) is 5.56 Å². The third-order valence-corrected chi connectivity index (χ3v) is 3.15. The van der Waals surface area contributed by atoms with Crippen LogP contribution in [0.5, 0.6) is 0 Å². The van der Waals surface area contributed by atoms with Gasteiger partial charge in [-0.15, -0.1) is 0 Å². The van der Waals surface area contributed by atoms with Crippen LogP contribution in [0.2, 0.25) is 0 Å². The monoisotopic (exact) mass is 294 g/mol. The van der Waals surface area contributed by atoms with E-state index in [1.54, 1.807) is 6.20 Å². The Balaban J connectivity index is 2.11. The highest BCUT2D eigenvalue weighted by Crippen LogP contribution is 2.18. The third kappa shape index (κ3) is 3.17. The van der Waals surface area contributed by atoms with Crippen molar-refractivity contribution in [3.05, 3.63) is 52.1 Å². The van der Waals surface area contributed by atoms with Gasteiger partial charge < -0.3 is 10.2 Å². The fourth-order valence-corrected chi connectivity index (χ4v) is 2.02. The van der Waals surface area contributed by atoms with Crippen molar-refractivity contribution in [2.45, 2.75) is 19.3 Å². The minimum atomic E-state index is 0.221. The molecule has 0 bridgehead atoms. The number of rotatable bonds is 4. The van der Waals surface area contributed by atoms with E-state index in [9.17, 15) is 0 Å². The number of halogens is 1. The Kier molecular flexibility index (Phi) is 3.97. The molecule has 2 aromatic rings. The zero-order chi connectivity index (χ0) is 12.3. The third-order valence-electron chi connectivity index (χ3n) is 2.66. The number of aromatic nitrogens is 1. The second-order valence-electron chi connectivity index (χ2n) is 4.10. The number of nitrogens with zero attached hydrogens (tertiary/aromatic N) is 1. The zero-order valence-electron chi connectivity index (χ0n) is 9.69. The maximum Gasteiger partial charge on any atom is 0.198 e. The number of nitrogens with two attached hydrogens (primary N) is 1. The van der Waals surface area contributed by atoms with Gasteiger partial charge in [0.2, 0.25) is 0 Å². The summed E-state index contributed by atoms with van der Waals surface area (Å²) < 4.78 is 6.74. The lowest BCUT2D eigenvalue weighted by Gasteiger charge is -2.02. The van der Waals surface area contributed by atoms with Gasteiger partial charge in [-0.1, -0.05) is 35.0 Å². The van der Waals surface area contributed by atoms with Crippen molar-refractivity contribution in [3.63, 3.8) is 0 Å². The van der Waals surface area contributed by atoms with Crippen LogP contribution in [0.3, 0.4) is 0 Å². The molecule has 17 heavy (non-hydrogen) atoms. The van der Waals surface area contributed by atoms with Gasteiger partial charge in [-0.25, -0.2) is 4.98 Å². The predicted molar refractivity (Wildman–Crippen MR) is 70.9 cm³/mol. The molecule has 0 aliphatic heterocycles. The van der Waals surface area contributed by atoms with Crippen LogP contribution in [0.25, 0.3) is 0 Å². The molecule has 0 fully saturated rings. The average Bonchev–Trinajstić information content (AvgIpc) is 2.76. The highest BCUT2D eigenvalue weighted by Gasteiger charge is 2.10. The number of hydrogen-bond donors (Lipinski definition) is 1. The lowest BCUT2D eigenvalue weighted by atomic mass is 10.1. The van der Waals surface area contributed by atoms with Crippen LogP contribution >= 0.6 is 15.9 Å². The average molecular weight is 295 g/mol. The molecule has 3 nitrogen and oxygen atoms in total. The summed E-state index contributed by atoms with van der Waals surface area (Å²) in [6, 6.07) is 8.13. The zero-order valence-corrected chi connectivity index (χ0v) is 11.3. The van der Waals surface area contributed by atoms with Crippen LogP contribution < -0.4 is 5.73 Å². The summed E-state index contributed by atoms with van der Waals surface area (Å²) in [5, 5.41) is 0. The first-order valence-electron chi connectivity index (χ1n) is 5.58. The molecule has 2 rings (SSSR count). The summed E-state index contributed by atoms with van der Waals surface area (Å²) >= 11 is 3.45. The number of oxazole rings is 1. The highest BCUT2D eigenvalue weighted by atomic mass is 79.9. The predicted octanol–water partition coefficient (Wildman–Crippen LogP) is 3.09. The Morgan fingerprint density at radius 1 is 1.47 bits per heavy atom. The van der Waals surface area contributed by atoms with E-state index in [4.69, 9.17) is 10.2 Å². The van der Waals surface area contributed by atoms with Gasteiger partial charge in [0.25, 0.3) is 0 Å². The molecule has 1 unspecified atom stereocenters. The molecule has 0 spiro atoms. The fraction of sp³-hybridized carbons (Fsp3) is 0.308. The summed E-state index contributed by atoms with van der Waals surface area (Å²) in [4.78, 5) is 4.27. The maximum absolute atomic E-state index is 5.67. The molecule has 0 amide bonds. The molecule has 0 aliphatic carbocycles. The minimum Gasteiger partial charge on any atom is -0.445 e. The molecule has 1 heterocycles. The first-order chi connectivity index (χ1) is 8.19. The maximum atomic E-state index is 5.67. The highest BCUT2D eigenvalue weighted by molar-refractivity contribution is 9.10. The summed E-state index contributed by atoms with van der Waals surface area (Å²) in [5.74, 6) is 1.81. The van der Waals surface area contributed by atoms with Crippen molar-refractivity contribution in [1.82, 2.24) is 4.98 Å². The van der Waals surface area contributed by atoms with Crippen LogP contribution in [0, 0.1) is 0 Å². The van der Waals surface area contributed by atoms with E-state index in [2.05, 4.69) is 33.0 Å². The van der Waals surface area contributed by atoms with Gasteiger partial charge in [0, 0.05) is 23.4 Å². The fourth-order valence-electron chi connectivity index (χ4n) is 1.57. The van der Waals surface area contributed by atoms with E-state index in [0.29, 0.717) is 13.0 Å². The lowest BCUT2D eigenvalue weighted by molar-refractivity contribution is 0.440. The number of benzene rings is 1. The summed E-state index contributed by atoms with van der Waals surface area (Å²) in [6.45, 7) is 2.61. The van der Waals surface area contributed by atoms with Crippen LogP contribution in [0.15, 0.2) is 39.4 Å². The van der Waals surface area contributed by atoms with Gasteiger partial charge >= 0.3 is 0 Å². The van der Waals surface area contributed by atoms with Crippen LogP contribution in [-0.4, -0.2) is 11.5 Å². The SMILES string of the molecule is CC(CN)c1cnc(Cc2cccc(Br)c2)o1.